The molecule has 174 valence electrons. The molecule has 0 spiro atoms. The summed E-state index contributed by atoms with van der Waals surface area (Å²) in [7, 11) is -0.586. The summed E-state index contributed by atoms with van der Waals surface area (Å²) in [5.41, 5.74) is 3.68. The first-order valence-electron chi connectivity index (χ1n) is 10.4. The molecule has 0 saturated carbocycles. The van der Waals surface area contributed by atoms with Crippen molar-refractivity contribution in [1.29, 1.82) is 0 Å². The highest BCUT2D eigenvalue weighted by atomic mass is 32.2. The van der Waals surface area contributed by atoms with Crippen molar-refractivity contribution in [2.45, 2.75) is 25.2 Å². The van der Waals surface area contributed by atoms with Crippen LogP contribution in [0.15, 0.2) is 65.6 Å². The number of benzene rings is 3. The zero-order valence-corrected chi connectivity index (χ0v) is 20.0. The summed E-state index contributed by atoms with van der Waals surface area (Å²) < 4.78 is 38.7. The van der Waals surface area contributed by atoms with Gasteiger partial charge in [0, 0.05) is 12.1 Å². The first-order chi connectivity index (χ1) is 15.7. The standard InChI is InChI=1S/C25H28N2O5S/c1-17-6-5-7-23(18(17)2)27-33(29,30)22-11-8-19(9-12-22)25(28)26-15-14-20-16-21(31-3)10-13-24(20)32-4/h5-13,16,27H,14-15H2,1-4H3,(H,26,28). The number of hydrogen-bond donors (Lipinski definition) is 2. The Morgan fingerprint density at radius 2 is 1.67 bits per heavy atom. The molecule has 3 rings (SSSR count). The molecule has 0 bridgehead atoms. The Morgan fingerprint density at radius 1 is 0.939 bits per heavy atom. The molecule has 0 aliphatic rings. The van der Waals surface area contributed by atoms with Gasteiger partial charge in [0.1, 0.15) is 11.5 Å². The van der Waals surface area contributed by atoms with Gasteiger partial charge in [-0.15, -0.1) is 0 Å². The molecule has 0 aliphatic carbocycles. The number of methoxy groups -OCH3 is 2. The number of hydrogen-bond acceptors (Lipinski definition) is 5. The van der Waals surface area contributed by atoms with Gasteiger partial charge in [-0.25, -0.2) is 8.42 Å². The first kappa shape index (κ1) is 24.1. The summed E-state index contributed by atoms with van der Waals surface area (Å²) in [6.07, 6.45) is 0.554. The predicted octanol–water partition coefficient (Wildman–Crippen LogP) is 4.09. The second-order valence-corrected chi connectivity index (χ2v) is 9.24. The van der Waals surface area contributed by atoms with E-state index >= 15 is 0 Å². The minimum Gasteiger partial charge on any atom is -0.497 e. The van der Waals surface area contributed by atoms with Crippen LogP contribution < -0.4 is 19.5 Å². The minimum atomic E-state index is -3.77. The Hall–Kier alpha value is -3.52. The fraction of sp³-hybridized carbons (Fsp3) is 0.240. The Bertz CT molecular complexity index is 1240. The van der Waals surface area contributed by atoms with Crippen molar-refractivity contribution in [1.82, 2.24) is 5.32 Å². The first-order valence-corrected chi connectivity index (χ1v) is 11.9. The van der Waals surface area contributed by atoms with Crippen LogP contribution in [0.5, 0.6) is 11.5 Å². The van der Waals surface area contributed by atoms with Gasteiger partial charge in [-0.1, -0.05) is 12.1 Å². The average Bonchev–Trinajstić information content (AvgIpc) is 2.81. The number of carbonyl (C=O) groups is 1. The zero-order chi connectivity index (χ0) is 24.0. The number of anilines is 1. The monoisotopic (exact) mass is 468 g/mol. The molecule has 1 amide bonds. The molecule has 3 aromatic carbocycles. The van der Waals surface area contributed by atoms with Crippen molar-refractivity contribution < 1.29 is 22.7 Å². The predicted molar refractivity (Wildman–Crippen MR) is 129 cm³/mol. The third kappa shape index (κ3) is 5.84. The summed E-state index contributed by atoms with van der Waals surface area (Å²) in [6.45, 7) is 4.17. The van der Waals surface area contributed by atoms with E-state index in [0.717, 1.165) is 22.4 Å². The van der Waals surface area contributed by atoms with Crippen molar-refractivity contribution in [3.63, 3.8) is 0 Å². The maximum Gasteiger partial charge on any atom is 0.261 e. The van der Waals surface area contributed by atoms with E-state index in [1.807, 2.05) is 38.1 Å². The van der Waals surface area contributed by atoms with Gasteiger partial charge in [-0.2, -0.15) is 0 Å². The molecule has 0 saturated heterocycles. The van der Waals surface area contributed by atoms with Gasteiger partial charge in [0.15, 0.2) is 0 Å². The van der Waals surface area contributed by atoms with Crippen molar-refractivity contribution in [2.75, 3.05) is 25.5 Å². The summed E-state index contributed by atoms with van der Waals surface area (Å²) in [4.78, 5) is 12.6. The van der Waals surface area contributed by atoms with Crippen LogP contribution in [0, 0.1) is 13.8 Å². The molecule has 0 radical (unpaired) electrons. The Balaban J connectivity index is 1.64. The maximum atomic E-state index is 12.8. The van der Waals surface area contributed by atoms with Crippen LogP contribution in [0.1, 0.15) is 27.0 Å². The highest BCUT2D eigenvalue weighted by Gasteiger charge is 2.17. The van der Waals surface area contributed by atoms with Gasteiger partial charge in [-0.05, 0) is 85.5 Å². The molecule has 0 fully saturated rings. The fourth-order valence-corrected chi connectivity index (χ4v) is 4.46. The molecule has 2 N–H and O–H groups in total. The molecule has 0 aromatic heterocycles. The summed E-state index contributed by atoms with van der Waals surface area (Å²) in [5, 5.41) is 2.85. The number of sulfonamides is 1. The van der Waals surface area contributed by atoms with Crippen LogP contribution in [0.3, 0.4) is 0 Å². The van der Waals surface area contributed by atoms with Crippen molar-refractivity contribution >= 4 is 21.6 Å². The van der Waals surface area contributed by atoms with E-state index in [1.54, 1.807) is 26.4 Å². The zero-order valence-electron chi connectivity index (χ0n) is 19.1. The summed E-state index contributed by atoms with van der Waals surface area (Å²) >= 11 is 0. The van der Waals surface area contributed by atoms with Crippen molar-refractivity contribution in [3.05, 3.63) is 82.9 Å². The molecule has 8 heteroatoms. The fourth-order valence-electron chi connectivity index (χ4n) is 3.34. The molecule has 3 aromatic rings. The quantitative estimate of drug-likeness (QED) is 0.493. The van der Waals surface area contributed by atoms with Crippen LogP contribution in [0.25, 0.3) is 0 Å². The second-order valence-electron chi connectivity index (χ2n) is 7.56. The Labute approximate surface area is 194 Å². The third-order valence-electron chi connectivity index (χ3n) is 5.44. The van der Waals surface area contributed by atoms with Gasteiger partial charge in [-0.3, -0.25) is 9.52 Å². The van der Waals surface area contributed by atoms with Crippen LogP contribution in [-0.4, -0.2) is 35.1 Å². The van der Waals surface area contributed by atoms with Crippen molar-refractivity contribution in [3.8, 4) is 11.5 Å². The summed E-state index contributed by atoms with van der Waals surface area (Å²) in [5.74, 6) is 1.14. The van der Waals surface area contributed by atoms with Crippen LogP contribution in [0.4, 0.5) is 5.69 Å². The largest absolute Gasteiger partial charge is 0.497 e. The van der Waals surface area contributed by atoms with E-state index in [4.69, 9.17) is 9.47 Å². The van der Waals surface area contributed by atoms with E-state index in [0.29, 0.717) is 30.0 Å². The molecular formula is C25H28N2O5S. The van der Waals surface area contributed by atoms with Gasteiger partial charge >= 0.3 is 0 Å². The second kappa shape index (κ2) is 10.4. The van der Waals surface area contributed by atoms with Gasteiger partial charge in [0.25, 0.3) is 15.9 Å². The minimum absolute atomic E-state index is 0.0843. The van der Waals surface area contributed by atoms with E-state index in [2.05, 4.69) is 10.0 Å². The Kier molecular flexibility index (Phi) is 7.60. The topological polar surface area (TPSA) is 93.7 Å². The lowest BCUT2D eigenvalue weighted by atomic mass is 10.1. The highest BCUT2D eigenvalue weighted by molar-refractivity contribution is 7.92. The lowest BCUT2D eigenvalue weighted by Gasteiger charge is -2.13. The number of rotatable bonds is 9. The normalized spacial score (nSPS) is 11.0. The number of ether oxygens (including phenoxy) is 2. The van der Waals surface area contributed by atoms with Gasteiger partial charge < -0.3 is 14.8 Å². The maximum absolute atomic E-state index is 12.8. The third-order valence-corrected chi connectivity index (χ3v) is 6.82. The lowest BCUT2D eigenvalue weighted by molar-refractivity contribution is 0.0954. The van der Waals surface area contributed by atoms with Gasteiger partial charge in [0.05, 0.1) is 24.8 Å². The smallest absolute Gasteiger partial charge is 0.261 e. The van der Waals surface area contributed by atoms with E-state index < -0.39 is 10.0 Å². The van der Waals surface area contributed by atoms with E-state index in [9.17, 15) is 13.2 Å². The molecule has 0 atom stereocenters. The number of nitrogens with one attached hydrogen (secondary N) is 2. The molecule has 7 nitrogen and oxygen atoms in total. The van der Waals surface area contributed by atoms with Crippen molar-refractivity contribution in [2.24, 2.45) is 0 Å². The molecule has 0 unspecified atom stereocenters. The number of carbonyl (C=O) groups excluding carboxylic acids is 1. The van der Waals surface area contributed by atoms with E-state index in [1.165, 1.54) is 24.3 Å². The average molecular weight is 469 g/mol. The lowest BCUT2D eigenvalue weighted by Crippen LogP contribution is -2.26. The van der Waals surface area contributed by atoms with Crippen LogP contribution >= 0.6 is 0 Å². The number of amides is 1. The molecule has 0 heterocycles. The SMILES string of the molecule is COc1ccc(OC)c(CCNC(=O)c2ccc(S(=O)(=O)Nc3cccc(C)c3C)cc2)c1. The van der Waals surface area contributed by atoms with E-state index in [-0.39, 0.29) is 10.8 Å². The highest BCUT2D eigenvalue weighted by Crippen LogP contribution is 2.24. The Morgan fingerprint density at radius 3 is 2.33 bits per heavy atom. The van der Waals surface area contributed by atoms with Crippen LogP contribution in [-0.2, 0) is 16.4 Å². The molecular weight excluding hydrogens is 440 g/mol. The number of aryl methyl sites for hydroxylation is 1. The van der Waals surface area contributed by atoms with Gasteiger partial charge in [0.2, 0.25) is 0 Å². The van der Waals surface area contributed by atoms with Crippen LogP contribution in [0.2, 0.25) is 0 Å². The summed E-state index contributed by atoms with van der Waals surface area (Å²) in [6, 6.07) is 16.8. The molecule has 33 heavy (non-hydrogen) atoms. The molecule has 0 aliphatic heterocycles.